The first-order valence-corrected chi connectivity index (χ1v) is 8.79. The number of nitrogens with zero attached hydrogens (tertiary/aromatic N) is 1. The van der Waals surface area contributed by atoms with Crippen LogP contribution in [0.25, 0.3) is 0 Å². The third-order valence-corrected chi connectivity index (χ3v) is 4.49. The van der Waals surface area contributed by atoms with Crippen molar-refractivity contribution < 1.29 is 19.1 Å². The summed E-state index contributed by atoms with van der Waals surface area (Å²) in [5.74, 6) is -0.193. The van der Waals surface area contributed by atoms with Crippen molar-refractivity contribution in [1.82, 2.24) is 4.90 Å². The molecule has 0 unspecified atom stereocenters. The minimum atomic E-state index is -0.564. The fourth-order valence-electron chi connectivity index (χ4n) is 2.68. The van der Waals surface area contributed by atoms with Crippen molar-refractivity contribution in [1.29, 1.82) is 0 Å². The molecule has 0 bridgehead atoms. The third kappa shape index (κ3) is 4.82. The van der Waals surface area contributed by atoms with Gasteiger partial charge in [-0.2, -0.15) is 0 Å². The van der Waals surface area contributed by atoms with Crippen molar-refractivity contribution in [2.24, 2.45) is 0 Å². The standard InChI is InChI=1S/C19H18BrNO4/c20-16-6-3-7-17(10-16)24-13-19(23)25-12-18(22)21-9-8-14-4-1-2-5-15(14)11-21/h1-7,10H,8-9,11-13H2. The van der Waals surface area contributed by atoms with Crippen LogP contribution in [0.5, 0.6) is 5.75 Å². The highest BCUT2D eigenvalue weighted by Gasteiger charge is 2.21. The van der Waals surface area contributed by atoms with Gasteiger partial charge in [0.1, 0.15) is 5.75 Å². The van der Waals surface area contributed by atoms with E-state index in [2.05, 4.69) is 22.0 Å². The van der Waals surface area contributed by atoms with Crippen LogP contribution in [-0.2, 0) is 27.3 Å². The molecule has 0 spiro atoms. The highest BCUT2D eigenvalue weighted by Crippen LogP contribution is 2.19. The maximum atomic E-state index is 12.2. The molecule has 0 fully saturated rings. The smallest absolute Gasteiger partial charge is 0.344 e. The zero-order valence-corrected chi connectivity index (χ0v) is 15.2. The van der Waals surface area contributed by atoms with Crippen LogP contribution < -0.4 is 4.74 Å². The third-order valence-electron chi connectivity index (χ3n) is 3.99. The Balaban J connectivity index is 1.44. The molecule has 1 amide bonds. The van der Waals surface area contributed by atoms with Gasteiger partial charge in [0.25, 0.3) is 5.91 Å². The van der Waals surface area contributed by atoms with Crippen LogP contribution in [0.15, 0.2) is 53.0 Å². The summed E-state index contributed by atoms with van der Waals surface area (Å²) in [5.41, 5.74) is 2.41. The second-order valence-electron chi connectivity index (χ2n) is 5.74. The lowest BCUT2D eigenvalue weighted by Gasteiger charge is -2.28. The van der Waals surface area contributed by atoms with Gasteiger partial charge in [0.05, 0.1) is 0 Å². The molecule has 0 saturated carbocycles. The summed E-state index contributed by atoms with van der Waals surface area (Å²) in [4.78, 5) is 25.7. The molecular weight excluding hydrogens is 386 g/mol. The minimum Gasteiger partial charge on any atom is -0.482 e. The monoisotopic (exact) mass is 403 g/mol. The maximum Gasteiger partial charge on any atom is 0.344 e. The number of amides is 1. The lowest BCUT2D eigenvalue weighted by Crippen LogP contribution is -2.38. The van der Waals surface area contributed by atoms with Gasteiger partial charge in [-0.25, -0.2) is 4.79 Å². The van der Waals surface area contributed by atoms with Gasteiger partial charge in [-0.15, -0.1) is 0 Å². The van der Waals surface area contributed by atoms with Crippen LogP contribution in [0.3, 0.4) is 0 Å². The van der Waals surface area contributed by atoms with E-state index in [1.165, 1.54) is 5.56 Å². The van der Waals surface area contributed by atoms with Gasteiger partial charge in [0, 0.05) is 17.6 Å². The van der Waals surface area contributed by atoms with E-state index in [1.54, 1.807) is 17.0 Å². The SMILES string of the molecule is O=C(COc1cccc(Br)c1)OCC(=O)N1CCc2ccccc2C1. The minimum absolute atomic E-state index is 0.190. The Bertz CT molecular complexity index is 778. The van der Waals surface area contributed by atoms with Gasteiger partial charge in [-0.05, 0) is 35.7 Å². The van der Waals surface area contributed by atoms with E-state index < -0.39 is 5.97 Å². The maximum absolute atomic E-state index is 12.2. The Labute approximate surface area is 154 Å². The summed E-state index contributed by atoms with van der Waals surface area (Å²) in [6.45, 7) is 0.707. The van der Waals surface area contributed by atoms with Crippen molar-refractivity contribution in [3.63, 3.8) is 0 Å². The summed E-state index contributed by atoms with van der Waals surface area (Å²) >= 11 is 3.33. The van der Waals surface area contributed by atoms with E-state index in [9.17, 15) is 9.59 Å². The fourth-order valence-corrected chi connectivity index (χ4v) is 3.06. The molecule has 3 rings (SSSR count). The van der Waals surface area contributed by atoms with Gasteiger partial charge in [0.15, 0.2) is 13.2 Å². The molecule has 0 saturated heterocycles. The quantitative estimate of drug-likeness (QED) is 0.720. The Morgan fingerprint density at radius 1 is 1.04 bits per heavy atom. The molecule has 130 valence electrons. The number of halogens is 1. The van der Waals surface area contributed by atoms with E-state index in [4.69, 9.17) is 9.47 Å². The van der Waals surface area contributed by atoms with E-state index in [0.717, 1.165) is 16.5 Å². The molecule has 6 heteroatoms. The molecule has 5 nitrogen and oxygen atoms in total. The molecule has 0 aromatic heterocycles. The molecular formula is C19H18BrNO4. The highest BCUT2D eigenvalue weighted by molar-refractivity contribution is 9.10. The molecule has 0 radical (unpaired) electrons. The van der Waals surface area contributed by atoms with Crippen LogP contribution in [-0.4, -0.2) is 36.5 Å². The predicted octanol–water partition coefficient (Wildman–Crippen LogP) is 2.96. The first-order valence-electron chi connectivity index (χ1n) is 8.00. The number of fused-ring (bicyclic) bond motifs is 1. The molecule has 1 aliphatic heterocycles. The Kier molecular flexibility index (Phi) is 5.71. The second kappa shape index (κ2) is 8.16. The van der Waals surface area contributed by atoms with Gasteiger partial charge in [0.2, 0.25) is 0 Å². The summed E-state index contributed by atoms with van der Waals surface area (Å²) in [5, 5.41) is 0. The van der Waals surface area contributed by atoms with Crippen LogP contribution in [0.4, 0.5) is 0 Å². The Morgan fingerprint density at radius 3 is 2.64 bits per heavy atom. The fraction of sp³-hybridized carbons (Fsp3) is 0.263. The first-order chi connectivity index (χ1) is 12.1. The number of carbonyl (C=O) groups is 2. The number of esters is 1. The van der Waals surface area contributed by atoms with Crippen LogP contribution in [0, 0.1) is 0 Å². The van der Waals surface area contributed by atoms with Crippen molar-refractivity contribution in [2.45, 2.75) is 13.0 Å². The number of hydrogen-bond acceptors (Lipinski definition) is 4. The van der Waals surface area contributed by atoms with Crippen LogP contribution in [0.1, 0.15) is 11.1 Å². The van der Waals surface area contributed by atoms with Crippen LogP contribution >= 0.6 is 15.9 Å². The number of hydrogen-bond donors (Lipinski definition) is 0. The van der Waals surface area contributed by atoms with Crippen molar-refractivity contribution in [3.8, 4) is 5.75 Å². The highest BCUT2D eigenvalue weighted by atomic mass is 79.9. The average Bonchev–Trinajstić information content (AvgIpc) is 2.64. The second-order valence-corrected chi connectivity index (χ2v) is 6.66. The van der Waals surface area contributed by atoms with Crippen molar-refractivity contribution in [3.05, 3.63) is 64.1 Å². The zero-order chi connectivity index (χ0) is 17.6. The molecule has 25 heavy (non-hydrogen) atoms. The molecule has 0 N–H and O–H groups in total. The van der Waals surface area contributed by atoms with Crippen LogP contribution in [0.2, 0.25) is 0 Å². The molecule has 0 atom stereocenters. The average molecular weight is 404 g/mol. The summed E-state index contributed by atoms with van der Waals surface area (Å²) in [7, 11) is 0. The van der Waals surface area contributed by atoms with Gasteiger partial charge >= 0.3 is 5.97 Å². The first kappa shape index (κ1) is 17.5. The summed E-state index contributed by atoms with van der Waals surface area (Å²) < 4.78 is 11.2. The summed E-state index contributed by atoms with van der Waals surface area (Å²) in [6, 6.07) is 15.2. The zero-order valence-electron chi connectivity index (χ0n) is 13.6. The van der Waals surface area contributed by atoms with Gasteiger partial charge in [-0.1, -0.05) is 46.3 Å². The van der Waals surface area contributed by atoms with Gasteiger partial charge < -0.3 is 14.4 Å². The molecule has 1 aliphatic rings. The van der Waals surface area contributed by atoms with Crippen molar-refractivity contribution >= 4 is 27.8 Å². The molecule has 2 aromatic carbocycles. The topological polar surface area (TPSA) is 55.8 Å². The van der Waals surface area contributed by atoms with Crippen molar-refractivity contribution in [2.75, 3.05) is 19.8 Å². The van der Waals surface area contributed by atoms with E-state index in [0.29, 0.717) is 18.8 Å². The van der Waals surface area contributed by atoms with Gasteiger partial charge in [-0.3, -0.25) is 4.79 Å². The number of benzene rings is 2. The van der Waals surface area contributed by atoms with E-state index in [1.807, 2.05) is 30.3 Å². The Hall–Kier alpha value is -2.34. The Morgan fingerprint density at radius 2 is 1.84 bits per heavy atom. The molecule has 2 aromatic rings. The summed E-state index contributed by atoms with van der Waals surface area (Å²) in [6.07, 6.45) is 0.821. The molecule has 1 heterocycles. The predicted molar refractivity (Wildman–Crippen MR) is 96.2 cm³/mol. The lowest BCUT2D eigenvalue weighted by atomic mass is 10.00. The number of carbonyl (C=O) groups excluding carboxylic acids is 2. The normalized spacial score (nSPS) is 13.1. The largest absolute Gasteiger partial charge is 0.482 e. The lowest BCUT2D eigenvalue weighted by molar-refractivity contribution is -0.154. The number of ether oxygens (including phenoxy) is 2. The van der Waals surface area contributed by atoms with E-state index >= 15 is 0 Å². The molecule has 0 aliphatic carbocycles. The van der Waals surface area contributed by atoms with E-state index in [-0.39, 0.29) is 19.1 Å². The number of rotatable bonds is 5.